The average Bonchev–Trinajstić information content (AvgIpc) is 2.67. The third kappa shape index (κ3) is 6.24. The first kappa shape index (κ1) is 24.5. The summed E-state index contributed by atoms with van der Waals surface area (Å²) in [4.78, 5) is 56.9. The largest absolute Gasteiger partial charge is 0.335 e. The molecule has 0 radical (unpaired) electrons. The molecular weight excluding hydrogens is 438 g/mol. The highest BCUT2D eigenvalue weighted by Gasteiger charge is 2.44. The second-order valence-electron chi connectivity index (χ2n) is 5.44. The van der Waals surface area contributed by atoms with Gasteiger partial charge in [0.05, 0.1) is 41.7 Å². The van der Waals surface area contributed by atoms with Gasteiger partial charge in [-0.05, 0) is 6.92 Å². The maximum atomic E-state index is 10.5. The molecule has 1 aliphatic rings. The van der Waals surface area contributed by atoms with Crippen molar-refractivity contribution in [3.63, 3.8) is 0 Å². The number of nitro groups is 6. The quantitative estimate of drug-likeness (QED) is 0.352. The number of non-ortho nitro benzene ring substituents is 1. The molecule has 1 saturated heterocycles. The molecule has 0 aromatic heterocycles. The number of benzene rings is 1. The Kier molecular flexibility index (Phi) is 7.77. The number of hydrogen-bond donors (Lipinski definition) is 3. The van der Waals surface area contributed by atoms with Crippen LogP contribution in [0.5, 0.6) is 0 Å². The van der Waals surface area contributed by atoms with E-state index in [-0.39, 0.29) is 5.56 Å². The second-order valence-corrected chi connectivity index (χ2v) is 5.44. The van der Waals surface area contributed by atoms with Crippen LogP contribution in [-0.4, -0.2) is 48.4 Å². The highest BCUT2D eigenvalue weighted by atomic mass is 16.7. The Morgan fingerprint density at radius 3 is 1.10 bits per heavy atom. The van der Waals surface area contributed by atoms with Gasteiger partial charge >= 0.3 is 18.9 Å². The Hall–Kier alpha value is -4.50. The van der Waals surface area contributed by atoms with E-state index in [1.54, 1.807) is 0 Å². The summed E-state index contributed by atoms with van der Waals surface area (Å²) in [5, 5.41) is 68.1. The molecule has 2 rings (SSSR count). The predicted molar refractivity (Wildman–Crippen MR) is 92.9 cm³/mol. The molecule has 1 heterocycles. The highest BCUT2D eigenvalue weighted by molar-refractivity contribution is 5.59. The minimum Gasteiger partial charge on any atom is -0.262 e. The van der Waals surface area contributed by atoms with Crippen LogP contribution in [0.1, 0.15) is 5.56 Å². The van der Waals surface area contributed by atoms with Crippen LogP contribution >= 0.6 is 0 Å². The Morgan fingerprint density at radius 1 is 0.613 bits per heavy atom. The Bertz CT molecular complexity index is 862. The van der Waals surface area contributed by atoms with Crippen LogP contribution in [-0.2, 0) is 0 Å². The first-order chi connectivity index (χ1) is 14.3. The van der Waals surface area contributed by atoms with Gasteiger partial charge in [0.25, 0.3) is 17.1 Å². The van der Waals surface area contributed by atoms with Gasteiger partial charge in [-0.1, -0.05) is 0 Å². The van der Waals surface area contributed by atoms with Gasteiger partial charge in [0.15, 0.2) is 0 Å². The Morgan fingerprint density at radius 2 is 0.903 bits per heavy atom. The van der Waals surface area contributed by atoms with Crippen LogP contribution < -0.4 is 16.0 Å². The van der Waals surface area contributed by atoms with E-state index >= 15 is 0 Å². The fourth-order valence-corrected chi connectivity index (χ4v) is 2.11. The molecule has 168 valence electrons. The summed E-state index contributed by atoms with van der Waals surface area (Å²) in [5.41, 5.74) is -2.16. The lowest BCUT2D eigenvalue weighted by molar-refractivity contribution is -0.630. The van der Waals surface area contributed by atoms with E-state index in [1.807, 2.05) is 16.0 Å². The molecular formula is C10H11N9O12. The van der Waals surface area contributed by atoms with Gasteiger partial charge in [-0.2, -0.15) is 16.0 Å². The fraction of sp³-hybridized carbons (Fsp3) is 0.400. The summed E-state index contributed by atoms with van der Waals surface area (Å²) in [6.07, 6.45) is -5.22. The SMILES string of the molecule is Cc1c([N+](=O)[O-])cc([N+](=O)[O-])cc1[N+](=O)[O-].O=[N+]([O-])C1NC([N+](=O)[O-])NC([N+](=O)[O-])N1. The zero-order valence-electron chi connectivity index (χ0n) is 15.0. The van der Waals surface area contributed by atoms with E-state index < -0.39 is 65.5 Å². The van der Waals surface area contributed by atoms with Crippen molar-refractivity contribution >= 4 is 17.1 Å². The summed E-state index contributed by atoms with van der Waals surface area (Å²) in [6.45, 7) is 1.17. The van der Waals surface area contributed by atoms with Crippen molar-refractivity contribution in [3.8, 4) is 0 Å². The van der Waals surface area contributed by atoms with Crippen LogP contribution in [0, 0.1) is 67.6 Å². The van der Waals surface area contributed by atoms with Crippen molar-refractivity contribution < 1.29 is 29.5 Å². The van der Waals surface area contributed by atoms with Crippen LogP contribution in [0.2, 0.25) is 0 Å². The molecule has 0 saturated carbocycles. The third-order valence-corrected chi connectivity index (χ3v) is 3.52. The van der Waals surface area contributed by atoms with Crippen molar-refractivity contribution in [3.05, 3.63) is 78.4 Å². The van der Waals surface area contributed by atoms with Gasteiger partial charge in [-0.15, -0.1) is 0 Å². The predicted octanol–water partition coefficient (Wildman–Crippen LogP) is -0.831. The molecule has 0 unspecified atom stereocenters. The first-order valence-electron chi connectivity index (χ1n) is 7.52. The van der Waals surface area contributed by atoms with E-state index in [2.05, 4.69) is 0 Å². The zero-order valence-corrected chi connectivity index (χ0v) is 15.0. The molecule has 31 heavy (non-hydrogen) atoms. The number of nitrogens with zero attached hydrogens (tertiary/aromatic N) is 6. The molecule has 0 atom stereocenters. The van der Waals surface area contributed by atoms with Gasteiger partial charge in [0.2, 0.25) is 0 Å². The third-order valence-electron chi connectivity index (χ3n) is 3.52. The molecule has 1 aliphatic heterocycles. The van der Waals surface area contributed by atoms with Crippen molar-refractivity contribution in [2.75, 3.05) is 0 Å². The summed E-state index contributed by atoms with van der Waals surface area (Å²) in [7, 11) is 0. The molecule has 3 N–H and O–H groups in total. The molecule has 0 spiro atoms. The van der Waals surface area contributed by atoms with E-state index in [1.165, 1.54) is 6.92 Å². The summed E-state index contributed by atoms with van der Waals surface area (Å²) >= 11 is 0. The van der Waals surface area contributed by atoms with Gasteiger partial charge in [0.1, 0.15) is 5.56 Å². The molecule has 1 aromatic carbocycles. The lowest BCUT2D eigenvalue weighted by atomic mass is 10.1. The molecule has 0 bridgehead atoms. The maximum Gasteiger partial charge on any atom is 0.335 e. The van der Waals surface area contributed by atoms with Crippen molar-refractivity contribution in [1.82, 2.24) is 16.0 Å². The van der Waals surface area contributed by atoms with E-state index in [4.69, 9.17) is 0 Å². The number of nitrogens with one attached hydrogen (secondary N) is 3. The Balaban J connectivity index is 0.000000311. The second kappa shape index (κ2) is 9.81. The Labute approximate surface area is 167 Å². The number of nitro benzene ring substituents is 3. The van der Waals surface area contributed by atoms with E-state index in [9.17, 15) is 60.7 Å². The van der Waals surface area contributed by atoms with Crippen molar-refractivity contribution in [1.29, 1.82) is 0 Å². The molecule has 21 heteroatoms. The number of rotatable bonds is 6. The topological polar surface area (TPSA) is 295 Å². The van der Waals surface area contributed by atoms with Gasteiger partial charge < -0.3 is 0 Å². The summed E-state index contributed by atoms with van der Waals surface area (Å²) in [5.74, 6) is 0. The smallest absolute Gasteiger partial charge is 0.262 e. The molecule has 1 fully saturated rings. The minimum absolute atomic E-state index is 0.208. The summed E-state index contributed by atoms with van der Waals surface area (Å²) < 4.78 is 0. The highest BCUT2D eigenvalue weighted by Crippen LogP contribution is 2.32. The average molecular weight is 449 g/mol. The van der Waals surface area contributed by atoms with E-state index in [0.29, 0.717) is 12.1 Å². The maximum absolute atomic E-state index is 10.5. The molecule has 21 nitrogen and oxygen atoms in total. The van der Waals surface area contributed by atoms with Crippen LogP contribution in [0.25, 0.3) is 0 Å². The van der Waals surface area contributed by atoms with Gasteiger partial charge in [0, 0.05) is 0 Å². The first-order valence-corrected chi connectivity index (χ1v) is 7.52. The van der Waals surface area contributed by atoms with Gasteiger partial charge in [-0.25, -0.2) is 0 Å². The van der Waals surface area contributed by atoms with Crippen molar-refractivity contribution in [2.24, 2.45) is 0 Å². The minimum atomic E-state index is -1.74. The monoisotopic (exact) mass is 449 g/mol. The standard InChI is InChI=1S/C7H5N3O6.C3H6N6O6/c1-4-6(9(13)14)2-5(8(11)12)3-7(4)10(15)16;10-7(11)1-4-2(8(12)13)6-3(5-1)9(14)15/h2-3H,1H3;1-6H. The molecule has 0 aliphatic carbocycles. The zero-order chi connectivity index (χ0) is 24.0. The van der Waals surface area contributed by atoms with Crippen molar-refractivity contribution in [2.45, 2.75) is 25.8 Å². The van der Waals surface area contributed by atoms with Crippen LogP contribution in [0.15, 0.2) is 12.1 Å². The van der Waals surface area contributed by atoms with Crippen LogP contribution in [0.3, 0.4) is 0 Å². The normalized spacial score (nSPS) is 20.0. The molecule has 1 aromatic rings. The lowest BCUT2D eigenvalue weighted by Gasteiger charge is -2.24. The molecule has 0 amide bonds. The lowest BCUT2D eigenvalue weighted by Crippen LogP contribution is -2.73. The van der Waals surface area contributed by atoms with Crippen LogP contribution in [0.4, 0.5) is 17.1 Å². The summed E-state index contributed by atoms with van der Waals surface area (Å²) in [6, 6.07) is 1.39. The van der Waals surface area contributed by atoms with E-state index in [0.717, 1.165) is 0 Å². The number of hydrogen-bond acceptors (Lipinski definition) is 15. The fourth-order valence-electron chi connectivity index (χ4n) is 2.11. The van der Waals surface area contributed by atoms with Gasteiger partial charge in [-0.3, -0.25) is 60.7 Å².